The Morgan fingerprint density at radius 3 is 2.32 bits per heavy atom. The van der Waals surface area contributed by atoms with Crippen LogP contribution in [0, 0.1) is 30.2 Å². The first-order valence-electron chi connectivity index (χ1n) is 9.93. The highest BCUT2D eigenvalue weighted by molar-refractivity contribution is 9.10. The maximum absolute atomic E-state index is 14.1. The highest BCUT2D eigenvalue weighted by Gasteiger charge is 2.19. The van der Waals surface area contributed by atoms with Gasteiger partial charge in [-0.25, -0.2) is 22.4 Å². The number of ether oxygens (including phenoxy) is 1. The summed E-state index contributed by atoms with van der Waals surface area (Å²) in [6.07, 6.45) is 0. The number of nitrogens with zero attached hydrogens (tertiary/aromatic N) is 1. The van der Waals surface area contributed by atoms with Gasteiger partial charge in [0, 0.05) is 33.6 Å². The second kappa shape index (κ2) is 9.34. The largest absolute Gasteiger partial charge is 0.488 e. The van der Waals surface area contributed by atoms with Crippen molar-refractivity contribution in [2.24, 2.45) is 0 Å². The van der Waals surface area contributed by atoms with Crippen molar-refractivity contribution >= 4 is 21.9 Å². The molecule has 0 aliphatic rings. The van der Waals surface area contributed by atoms with E-state index in [1.807, 2.05) is 0 Å². The maximum Gasteiger partial charge on any atom is 0.338 e. The van der Waals surface area contributed by atoms with E-state index in [9.17, 15) is 27.5 Å². The Bertz CT molecular complexity index is 1390. The Morgan fingerprint density at radius 1 is 0.941 bits per heavy atom. The van der Waals surface area contributed by atoms with Crippen molar-refractivity contribution in [3.8, 4) is 22.7 Å². The van der Waals surface area contributed by atoms with Gasteiger partial charge in [-0.15, -0.1) is 0 Å². The van der Waals surface area contributed by atoms with Crippen LogP contribution in [-0.2, 0) is 6.61 Å². The van der Waals surface area contributed by atoms with Crippen LogP contribution >= 0.6 is 15.9 Å². The number of aryl methyl sites for hydroxylation is 1. The van der Waals surface area contributed by atoms with E-state index in [0.717, 1.165) is 11.8 Å². The Hall–Kier alpha value is -3.59. The maximum atomic E-state index is 14.1. The molecular weight excluding hydrogens is 518 g/mol. The van der Waals surface area contributed by atoms with Gasteiger partial charge in [0.05, 0.1) is 16.8 Å². The smallest absolute Gasteiger partial charge is 0.338 e. The number of aromatic nitrogens is 1. The van der Waals surface area contributed by atoms with Gasteiger partial charge in [-0.05, 0) is 55.5 Å². The van der Waals surface area contributed by atoms with Crippen LogP contribution in [0.25, 0.3) is 16.9 Å². The van der Waals surface area contributed by atoms with E-state index in [1.54, 1.807) is 41.8 Å². The minimum atomic E-state index is -1.40. The van der Waals surface area contributed by atoms with Gasteiger partial charge in [-0.1, -0.05) is 15.9 Å². The van der Waals surface area contributed by atoms with Crippen LogP contribution in [-0.4, -0.2) is 15.6 Å². The van der Waals surface area contributed by atoms with Gasteiger partial charge in [-0.3, -0.25) is 0 Å². The lowest BCUT2D eigenvalue weighted by Crippen LogP contribution is -2.06. The molecule has 0 amide bonds. The highest BCUT2D eigenvalue weighted by Crippen LogP contribution is 2.36. The average Bonchev–Trinajstić information content (AvgIpc) is 3.15. The zero-order valence-corrected chi connectivity index (χ0v) is 19.2. The minimum absolute atomic E-state index is 0.270. The van der Waals surface area contributed by atoms with Crippen molar-refractivity contribution in [1.82, 2.24) is 4.57 Å². The van der Waals surface area contributed by atoms with Gasteiger partial charge in [0.1, 0.15) is 35.6 Å². The Morgan fingerprint density at radius 2 is 1.65 bits per heavy atom. The quantitative estimate of drug-likeness (QED) is 0.270. The number of hydrogen-bond donors (Lipinski definition) is 1. The van der Waals surface area contributed by atoms with Crippen molar-refractivity contribution in [2.45, 2.75) is 13.5 Å². The van der Waals surface area contributed by atoms with E-state index in [4.69, 9.17) is 4.74 Å². The van der Waals surface area contributed by atoms with Gasteiger partial charge in [-0.2, -0.15) is 0 Å². The van der Waals surface area contributed by atoms with Crippen LogP contribution in [0.3, 0.4) is 0 Å². The molecule has 3 aromatic carbocycles. The molecule has 9 heteroatoms. The fraction of sp³-hybridized carbons (Fsp3) is 0.0800. The standard InChI is InChI=1S/C25H16BrF4NO3/c1-13-2-6-23(31(13)16-4-5-20(28)17(11-16)25(32)33)18-8-14(26)3-7-24(18)34-12-19-21(29)9-15(27)10-22(19)30/h2-11H,12H2,1H3,(H,32,33). The molecule has 0 saturated carbocycles. The second-order valence-corrected chi connectivity index (χ2v) is 8.36. The molecule has 0 aliphatic heterocycles. The predicted octanol–water partition coefficient (Wildman–Crippen LogP) is 7.05. The van der Waals surface area contributed by atoms with Crippen LogP contribution in [0.2, 0.25) is 0 Å². The number of halogens is 5. The summed E-state index contributed by atoms with van der Waals surface area (Å²) in [5.74, 6) is -5.16. The molecule has 1 heterocycles. The van der Waals surface area contributed by atoms with E-state index >= 15 is 0 Å². The fourth-order valence-corrected chi connectivity index (χ4v) is 3.96. The molecule has 4 rings (SSSR count). The van der Waals surface area contributed by atoms with Crippen molar-refractivity contribution in [2.75, 3.05) is 0 Å². The first-order chi connectivity index (χ1) is 16.2. The molecule has 0 radical (unpaired) electrons. The molecule has 0 spiro atoms. The lowest BCUT2D eigenvalue weighted by molar-refractivity contribution is 0.0692. The first kappa shape index (κ1) is 23.6. The number of carboxylic acids is 1. The van der Waals surface area contributed by atoms with Crippen molar-refractivity contribution in [3.05, 3.63) is 105 Å². The molecule has 0 atom stereocenters. The lowest BCUT2D eigenvalue weighted by atomic mass is 10.1. The molecule has 1 N–H and O–H groups in total. The fourth-order valence-electron chi connectivity index (χ4n) is 3.60. The van der Waals surface area contributed by atoms with E-state index in [2.05, 4.69) is 15.9 Å². The zero-order chi connectivity index (χ0) is 24.6. The summed E-state index contributed by atoms with van der Waals surface area (Å²) >= 11 is 3.39. The molecular formula is C25H16BrF4NO3. The second-order valence-electron chi connectivity index (χ2n) is 7.44. The van der Waals surface area contributed by atoms with Crippen LogP contribution in [0.1, 0.15) is 21.6 Å². The zero-order valence-electron chi connectivity index (χ0n) is 17.6. The van der Waals surface area contributed by atoms with Gasteiger partial charge in [0.2, 0.25) is 0 Å². The third-order valence-corrected chi connectivity index (χ3v) is 5.70. The molecule has 0 fully saturated rings. The minimum Gasteiger partial charge on any atom is -0.488 e. The summed E-state index contributed by atoms with van der Waals surface area (Å²) in [6, 6.07) is 13.4. The van der Waals surface area contributed by atoms with Crippen LogP contribution in [0.4, 0.5) is 17.6 Å². The Balaban J connectivity index is 1.78. The van der Waals surface area contributed by atoms with Gasteiger partial charge in [0.25, 0.3) is 0 Å². The van der Waals surface area contributed by atoms with Crippen LogP contribution < -0.4 is 4.74 Å². The SMILES string of the molecule is Cc1ccc(-c2cc(Br)ccc2OCc2c(F)cc(F)cc2F)n1-c1ccc(F)c(C(=O)O)c1. The van der Waals surface area contributed by atoms with E-state index in [-0.39, 0.29) is 5.75 Å². The number of rotatable bonds is 6. The molecule has 0 unspecified atom stereocenters. The summed E-state index contributed by atoms with van der Waals surface area (Å²) in [6.45, 7) is 1.29. The van der Waals surface area contributed by atoms with Crippen LogP contribution in [0.15, 0.2) is 65.1 Å². The van der Waals surface area contributed by atoms with Gasteiger partial charge < -0.3 is 14.4 Å². The van der Waals surface area contributed by atoms with Gasteiger partial charge in [0.15, 0.2) is 0 Å². The number of carboxylic acid groups (broad SMARTS) is 1. The molecule has 0 saturated heterocycles. The average molecular weight is 534 g/mol. The van der Waals surface area contributed by atoms with Gasteiger partial charge >= 0.3 is 5.97 Å². The monoisotopic (exact) mass is 533 g/mol. The first-order valence-corrected chi connectivity index (χ1v) is 10.7. The molecule has 34 heavy (non-hydrogen) atoms. The normalized spacial score (nSPS) is 11.0. The highest BCUT2D eigenvalue weighted by atomic mass is 79.9. The number of hydrogen-bond acceptors (Lipinski definition) is 2. The molecule has 4 nitrogen and oxygen atoms in total. The summed E-state index contributed by atoms with van der Waals surface area (Å²) in [5, 5.41) is 9.30. The molecule has 4 aromatic rings. The summed E-state index contributed by atoms with van der Waals surface area (Å²) in [4.78, 5) is 11.4. The molecule has 174 valence electrons. The molecule has 0 aliphatic carbocycles. The molecule has 1 aromatic heterocycles. The Labute approximate surface area is 200 Å². The molecule has 0 bridgehead atoms. The third kappa shape index (κ3) is 4.56. The van der Waals surface area contributed by atoms with E-state index < -0.39 is 47.0 Å². The predicted molar refractivity (Wildman–Crippen MR) is 121 cm³/mol. The van der Waals surface area contributed by atoms with Crippen molar-refractivity contribution < 1.29 is 32.2 Å². The van der Waals surface area contributed by atoms with Crippen LogP contribution in [0.5, 0.6) is 5.75 Å². The third-order valence-electron chi connectivity index (χ3n) is 5.21. The van der Waals surface area contributed by atoms with Crippen molar-refractivity contribution in [3.63, 3.8) is 0 Å². The number of carbonyl (C=O) groups is 1. The summed E-state index contributed by atoms with van der Waals surface area (Å²) in [7, 11) is 0. The Kier molecular flexibility index (Phi) is 6.47. The topological polar surface area (TPSA) is 51.5 Å². The number of aromatic carboxylic acids is 1. The van der Waals surface area contributed by atoms with E-state index in [1.165, 1.54) is 12.1 Å². The number of benzene rings is 3. The van der Waals surface area contributed by atoms with E-state index in [0.29, 0.717) is 33.6 Å². The summed E-state index contributed by atoms with van der Waals surface area (Å²) < 4.78 is 63.4. The lowest BCUT2D eigenvalue weighted by Gasteiger charge is -2.17. The summed E-state index contributed by atoms with van der Waals surface area (Å²) in [5.41, 5.74) is 1.30. The van der Waals surface area contributed by atoms with Crippen molar-refractivity contribution in [1.29, 1.82) is 0 Å².